The fourth-order valence-corrected chi connectivity index (χ4v) is 2.83. The molecule has 0 unspecified atom stereocenters. The number of thiophene rings is 1. The second kappa shape index (κ2) is 5.93. The van der Waals surface area contributed by atoms with Gasteiger partial charge in [0.1, 0.15) is 5.69 Å². The third-order valence-corrected chi connectivity index (χ3v) is 4.02. The van der Waals surface area contributed by atoms with Gasteiger partial charge in [0.25, 0.3) is 5.91 Å². The lowest BCUT2D eigenvalue weighted by molar-refractivity contribution is 0.0942. The summed E-state index contributed by atoms with van der Waals surface area (Å²) in [6.07, 6.45) is 2.78. The summed E-state index contributed by atoms with van der Waals surface area (Å²) in [6, 6.07) is 3.79. The second-order valence-electron chi connectivity index (χ2n) is 4.56. The molecule has 0 bridgehead atoms. The minimum Gasteiger partial charge on any atom is -0.397 e. The normalized spacial score (nSPS) is 10.6. The van der Waals surface area contributed by atoms with E-state index in [-0.39, 0.29) is 5.91 Å². The fraction of sp³-hybridized carbons (Fsp3) is 0.357. The third kappa shape index (κ3) is 3.17. The van der Waals surface area contributed by atoms with E-state index < -0.39 is 0 Å². The van der Waals surface area contributed by atoms with Crippen molar-refractivity contribution in [1.82, 2.24) is 9.88 Å². The van der Waals surface area contributed by atoms with Crippen molar-refractivity contribution in [2.45, 2.75) is 33.4 Å². The largest absolute Gasteiger partial charge is 0.397 e. The Bertz CT molecular complexity index is 571. The first kappa shape index (κ1) is 13.7. The Morgan fingerprint density at radius 1 is 1.53 bits per heavy atom. The highest BCUT2D eigenvalue weighted by Crippen LogP contribution is 2.16. The molecule has 0 saturated heterocycles. The smallest absolute Gasteiger partial charge is 0.268 e. The van der Waals surface area contributed by atoms with Crippen molar-refractivity contribution in [2.75, 3.05) is 5.73 Å². The lowest BCUT2D eigenvalue weighted by atomic mass is 10.3. The lowest BCUT2D eigenvalue weighted by Crippen LogP contribution is -2.25. The molecule has 0 aliphatic heterocycles. The van der Waals surface area contributed by atoms with Gasteiger partial charge in [-0.15, -0.1) is 11.3 Å². The number of nitrogen functional groups attached to an aromatic ring is 1. The number of amides is 1. The van der Waals surface area contributed by atoms with Gasteiger partial charge in [-0.2, -0.15) is 0 Å². The number of carbonyl (C=O) groups is 1. The maximum absolute atomic E-state index is 12.2. The Morgan fingerprint density at radius 3 is 2.95 bits per heavy atom. The maximum atomic E-state index is 12.2. The highest BCUT2D eigenvalue weighted by atomic mass is 32.1. The number of nitrogens with zero attached hydrogens (tertiary/aromatic N) is 1. The van der Waals surface area contributed by atoms with Crippen LogP contribution in [0.4, 0.5) is 5.69 Å². The number of hydrogen-bond donors (Lipinski definition) is 2. The van der Waals surface area contributed by atoms with E-state index in [4.69, 9.17) is 5.73 Å². The quantitative estimate of drug-likeness (QED) is 0.883. The van der Waals surface area contributed by atoms with Gasteiger partial charge in [0.2, 0.25) is 0 Å². The Kier molecular flexibility index (Phi) is 4.27. The first-order valence-corrected chi connectivity index (χ1v) is 7.26. The van der Waals surface area contributed by atoms with Crippen LogP contribution in [-0.2, 0) is 13.1 Å². The average Bonchev–Trinajstić information content (AvgIpc) is 2.93. The molecule has 19 heavy (non-hydrogen) atoms. The SMILES string of the molecule is CCCn1cc(N)cc1C(=O)NCc1sccc1C. The van der Waals surface area contributed by atoms with E-state index in [2.05, 4.69) is 25.2 Å². The van der Waals surface area contributed by atoms with Crippen LogP contribution >= 0.6 is 11.3 Å². The van der Waals surface area contributed by atoms with Crippen LogP contribution in [0.1, 0.15) is 34.3 Å². The maximum Gasteiger partial charge on any atom is 0.268 e. The van der Waals surface area contributed by atoms with Crippen molar-refractivity contribution < 1.29 is 4.79 Å². The van der Waals surface area contributed by atoms with Crippen LogP contribution in [0.15, 0.2) is 23.7 Å². The number of nitrogens with two attached hydrogens (primary N) is 1. The molecule has 2 aromatic heterocycles. The van der Waals surface area contributed by atoms with Crippen molar-refractivity contribution in [3.05, 3.63) is 39.8 Å². The molecule has 1 amide bonds. The number of rotatable bonds is 5. The van der Waals surface area contributed by atoms with Crippen LogP contribution in [0.2, 0.25) is 0 Å². The summed E-state index contributed by atoms with van der Waals surface area (Å²) in [4.78, 5) is 13.4. The highest BCUT2D eigenvalue weighted by molar-refractivity contribution is 7.10. The van der Waals surface area contributed by atoms with Gasteiger partial charge >= 0.3 is 0 Å². The molecule has 2 aromatic rings. The Labute approximate surface area is 117 Å². The van der Waals surface area contributed by atoms with Gasteiger partial charge in [-0.1, -0.05) is 6.92 Å². The van der Waals surface area contributed by atoms with Crippen LogP contribution < -0.4 is 11.1 Å². The van der Waals surface area contributed by atoms with Crippen molar-refractivity contribution in [3.63, 3.8) is 0 Å². The molecular formula is C14H19N3OS. The molecule has 0 aliphatic rings. The summed E-state index contributed by atoms with van der Waals surface area (Å²) < 4.78 is 1.91. The number of carbonyl (C=O) groups excluding carboxylic acids is 1. The zero-order valence-corrected chi connectivity index (χ0v) is 12.1. The molecule has 0 aliphatic carbocycles. The van der Waals surface area contributed by atoms with Crippen LogP contribution in [0, 0.1) is 6.92 Å². The van der Waals surface area contributed by atoms with Gasteiger partial charge in [0.15, 0.2) is 0 Å². The number of aromatic nitrogens is 1. The van der Waals surface area contributed by atoms with E-state index in [9.17, 15) is 4.79 Å². The topological polar surface area (TPSA) is 60.0 Å². The van der Waals surface area contributed by atoms with Gasteiger partial charge in [-0.3, -0.25) is 4.79 Å². The predicted molar refractivity (Wildman–Crippen MR) is 79.4 cm³/mol. The molecule has 2 heterocycles. The standard InChI is InChI=1S/C14H19N3OS/c1-3-5-17-9-11(15)7-12(17)14(18)16-8-13-10(2)4-6-19-13/h4,6-7,9H,3,5,8,15H2,1-2H3,(H,16,18). The minimum absolute atomic E-state index is 0.0713. The molecule has 102 valence electrons. The molecule has 2 rings (SSSR count). The summed E-state index contributed by atoms with van der Waals surface area (Å²) in [5, 5.41) is 4.99. The predicted octanol–water partition coefficient (Wildman–Crippen LogP) is 2.78. The van der Waals surface area contributed by atoms with Crippen molar-refractivity contribution >= 4 is 22.9 Å². The molecular weight excluding hydrogens is 258 g/mol. The summed E-state index contributed by atoms with van der Waals surface area (Å²) in [7, 11) is 0. The van der Waals surface area contributed by atoms with Gasteiger partial charge in [-0.25, -0.2) is 0 Å². The Balaban J connectivity index is 2.05. The van der Waals surface area contributed by atoms with Crippen LogP contribution in [0.3, 0.4) is 0 Å². The first-order valence-electron chi connectivity index (χ1n) is 6.38. The summed E-state index contributed by atoms with van der Waals surface area (Å²) in [5.74, 6) is -0.0713. The molecule has 0 aromatic carbocycles. The average molecular weight is 277 g/mol. The van der Waals surface area contributed by atoms with E-state index in [1.54, 1.807) is 17.4 Å². The molecule has 0 saturated carbocycles. The molecule has 0 fully saturated rings. The molecule has 4 nitrogen and oxygen atoms in total. The monoisotopic (exact) mass is 277 g/mol. The first-order chi connectivity index (χ1) is 9.11. The summed E-state index contributed by atoms with van der Waals surface area (Å²) >= 11 is 1.66. The number of aryl methyl sites for hydroxylation is 2. The summed E-state index contributed by atoms with van der Waals surface area (Å²) in [5.41, 5.74) is 8.24. The van der Waals surface area contributed by atoms with Gasteiger partial charge in [0.05, 0.1) is 12.2 Å². The van der Waals surface area contributed by atoms with E-state index in [1.165, 1.54) is 10.4 Å². The van der Waals surface area contributed by atoms with Crippen molar-refractivity contribution in [3.8, 4) is 0 Å². The molecule has 3 N–H and O–H groups in total. The van der Waals surface area contributed by atoms with Gasteiger partial charge in [-0.05, 0) is 36.4 Å². The Morgan fingerprint density at radius 2 is 2.32 bits per heavy atom. The van der Waals surface area contributed by atoms with Gasteiger partial charge < -0.3 is 15.6 Å². The molecule has 0 spiro atoms. The molecule has 0 atom stereocenters. The summed E-state index contributed by atoms with van der Waals surface area (Å²) in [6.45, 7) is 5.50. The second-order valence-corrected chi connectivity index (χ2v) is 5.56. The zero-order valence-electron chi connectivity index (χ0n) is 11.3. The van der Waals surface area contributed by atoms with E-state index in [0.717, 1.165) is 13.0 Å². The zero-order chi connectivity index (χ0) is 13.8. The number of hydrogen-bond acceptors (Lipinski definition) is 3. The van der Waals surface area contributed by atoms with E-state index in [1.807, 2.05) is 16.1 Å². The minimum atomic E-state index is -0.0713. The lowest BCUT2D eigenvalue weighted by Gasteiger charge is -2.08. The number of anilines is 1. The number of nitrogens with one attached hydrogen (secondary N) is 1. The van der Waals surface area contributed by atoms with Crippen LogP contribution in [-0.4, -0.2) is 10.5 Å². The van der Waals surface area contributed by atoms with Gasteiger partial charge in [0, 0.05) is 17.6 Å². The molecule has 5 heteroatoms. The van der Waals surface area contributed by atoms with Crippen LogP contribution in [0.25, 0.3) is 0 Å². The van der Waals surface area contributed by atoms with E-state index >= 15 is 0 Å². The van der Waals surface area contributed by atoms with E-state index in [0.29, 0.717) is 17.9 Å². The fourth-order valence-electron chi connectivity index (χ4n) is 1.99. The van der Waals surface area contributed by atoms with Crippen molar-refractivity contribution in [1.29, 1.82) is 0 Å². The third-order valence-electron chi connectivity index (χ3n) is 2.99. The van der Waals surface area contributed by atoms with Crippen molar-refractivity contribution in [2.24, 2.45) is 0 Å². The van der Waals surface area contributed by atoms with Crippen LogP contribution in [0.5, 0.6) is 0 Å². The highest BCUT2D eigenvalue weighted by Gasteiger charge is 2.12. The molecule has 0 radical (unpaired) electrons. The Hall–Kier alpha value is -1.75.